The van der Waals surface area contributed by atoms with Crippen LogP contribution in [0.5, 0.6) is 0 Å². The van der Waals surface area contributed by atoms with Gasteiger partial charge in [-0.3, -0.25) is 9.63 Å². The predicted octanol–water partition coefficient (Wildman–Crippen LogP) is 2.96. The van der Waals surface area contributed by atoms with Crippen molar-refractivity contribution >= 4 is 5.91 Å². The number of carbonyl (C=O) groups is 1. The Hall–Kier alpha value is -1.50. The molecular formula is C22H34FN3O2. The first-order valence-electron chi connectivity index (χ1n) is 10.7. The van der Waals surface area contributed by atoms with Crippen LogP contribution in [0.25, 0.3) is 0 Å². The van der Waals surface area contributed by atoms with E-state index in [1.165, 1.54) is 30.5 Å². The molecule has 0 radical (unpaired) electrons. The number of halogens is 1. The van der Waals surface area contributed by atoms with Gasteiger partial charge in [-0.2, -0.15) is 5.06 Å². The van der Waals surface area contributed by atoms with E-state index in [0.29, 0.717) is 18.9 Å². The molecule has 0 spiro atoms. The number of carbonyl (C=O) groups excluding carboxylic acids is 1. The van der Waals surface area contributed by atoms with Crippen LogP contribution >= 0.6 is 0 Å². The lowest BCUT2D eigenvalue weighted by Gasteiger charge is -2.35. The normalized spacial score (nSPS) is 21.6. The second-order valence-corrected chi connectivity index (χ2v) is 8.18. The van der Waals surface area contributed by atoms with Crippen molar-refractivity contribution in [3.63, 3.8) is 0 Å². The minimum atomic E-state index is -0.179. The zero-order valence-corrected chi connectivity index (χ0v) is 17.1. The standard InChI is InChI=1S/C22H34FN3O2/c1-24(22(27)11-15-26-13-2-3-16-28-26)17-20-5-4-12-25(18-20)14-10-19-6-8-21(23)9-7-19/h6-9,20H,2-5,10-18H2,1H3. The second kappa shape index (κ2) is 10.9. The molecule has 1 aromatic rings. The molecule has 28 heavy (non-hydrogen) atoms. The van der Waals surface area contributed by atoms with Gasteiger partial charge >= 0.3 is 0 Å². The first-order valence-corrected chi connectivity index (χ1v) is 10.7. The molecule has 0 bridgehead atoms. The van der Waals surface area contributed by atoms with Crippen molar-refractivity contribution < 1.29 is 14.0 Å². The summed E-state index contributed by atoms with van der Waals surface area (Å²) in [5.74, 6) is 0.557. The van der Waals surface area contributed by atoms with E-state index in [-0.39, 0.29) is 11.7 Å². The zero-order valence-electron chi connectivity index (χ0n) is 17.1. The van der Waals surface area contributed by atoms with Crippen LogP contribution in [0.1, 0.15) is 37.7 Å². The van der Waals surface area contributed by atoms with Crippen LogP contribution in [0.2, 0.25) is 0 Å². The Morgan fingerprint density at radius 3 is 2.75 bits per heavy atom. The molecule has 0 saturated carbocycles. The molecule has 6 heteroatoms. The van der Waals surface area contributed by atoms with Crippen molar-refractivity contribution in [3.05, 3.63) is 35.6 Å². The van der Waals surface area contributed by atoms with Crippen molar-refractivity contribution in [2.75, 3.05) is 52.9 Å². The van der Waals surface area contributed by atoms with Gasteiger partial charge in [0.25, 0.3) is 0 Å². The third kappa shape index (κ3) is 6.83. The van der Waals surface area contributed by atoms with Crippen molar-refractivity contribution in [3.8, 4) is 0 Å². The molecule has 2 saturated heterocycles. The average Bonchev–Trinajstić information content (AvgIpc) is 2.72. The molecule has 2 fully saturated rings. The van der Waals surface area contributed by atoms with Crippen LogP contribution in [0.15, 0.2) is 24.3 Å². The van der Waals surface area contributed by atoms with Gasteiger partial charge in [0.15, 0.2) is 0 Å². The molecule has 0 aromatic heterocycles. The topological polar surface area (TPSA) is 36.0 Å². The number of benzene rings is 1. The van der Waals surface area contributed by atoms with Gasteiger partial charge in [-0.25, -0.2) is 4.39 Å². The van der Waals surface area contributed by atoms with Gasteiger partial charge in [0.1, 0.15) is 5.82 Å². The molecular weight excluding hydrogens is 357 g/mol. The highest BCUT2D eigenvalue weighted by Crippen LogP contribution is 2.18. The summed E-state index contributed by atoms with van der Waals surface area (Å²) in [6, 6.07) is 6.80. The quantitative estimate of drug-likeness (QED) is 0.683. The first kappa shape index (κ1) is 21.2. The minimum Gasteiger partial charge on any atom is -0.345 e. The first-order chi connectivity index (χ1) is 13.6. The third-order valence-electron chi connectivity index (χ3n) is 5.84. The monoisotopic (exact) mass is 391 g/mol. The molecule has 5 nitrogen and oxygen atoms in total. The fourth-order valence-electron chi connectivity index (χ4n) is 4.17. The lowest BCUT2D eigenvalue weighted by atomic mass is 9.97. The fraction of sp³-hybridized carbons (Fsp3) is 0.682. The van der Waals surface area contributed by atoms with Crippen LogP contribution in [0.3, 0.4) is 0 Å². The fourth-order valence-corrected chi connectivity index (χ4v) is 4.17. The lowest BCUT2D eigenvalue weighted by molar-refractivity contribution is -0.182. The van der Waals surface area contributed by atoms with Gasteiger partial charge in [0.05, 0.1) is 6.61 Å². The highest BCUT2D eigenvalue weighted by atomic mass is 19.1. The number of nitrogens with zero attached hydrogens (tertiary/aromatic N) is 3. The summed E-state index contributed by atoms with van der Waals surface area (Å²) >= 11 is 0. The zero-order chi connectivity index (χ0) is 19.8. The van der Waals surface area contributed by atoms with Crippen molar-refractivity contribution in [1.29, 1.82) is 0 Å². The van der Waals surface area contributed by atoms with Gasteiger partial charge in [-0.15, -0.1) is 0 Å². The molecule has 3 rings (SSSR count). The molecule has 1 amide bonds. The number of hydroxylamine groups is 2. The number of amides is 1. The Kier molecular flexibility index (Phi) is 8.25. The summed E-state index contributed by atoms with van der Waals surface area (Å²) in [6.45, 7) is 6.37. The average molecular weight is 392 g/mol. The van der Waals surface area contributed by atoms with E-state index in [0.717, 1.165) is 58.6 Å². The van der Waals surface area contributed by atoms with Gasteiger partial charge < -0.3 is 9.80 Å². The minimum absolute atomic E-state index is 0.179. The Labute approximate surface area is 168 Å². The summed E-state index contributed by atoms with van der Waals surface area (Å²) in [5, 5.41) is 1.94. The van der Waals surface area contributed by atoms with Crippen LogP contribution in [0.4, 0.5) is 4.39 Å². The Bertz CT molecular complexity index is 604. The van der Waals surface area contributed by atoms with E-state index in [1.54, 1.807) is 0 Å². The molecule has 0 aliphatic carbocycles. The van der Waals surface area contributed by atoms with E-state index in [4.69, 9.17) is 4.84 Å². The number of hydrogen-bond donors (Lipinski definition) is 0. The van der Waals surface area contributed by atoms with E-state index < -0.39 is 0 Å². The Morgan fingerprint density at radius 2 is 2.00 bits per heavy atom. The summed E-state index contributed by atoms with van der Waals surface area (Å²) in [7, 11) is 1.93. The Balaban J connectivity index is 1.37. The van der Waals surface area contributed by atoms with Crippen LogP contribution in [0, 0.1) is 11.7 Å². The maximum atomic E-state index is 13.0. The maximum Gasteiger partial charge on any atom is 0.223 e. The van der Waals surface area contributed by atoms with E-state index in [9.17, 15) is 9.18 Å². The highest BCUT2D eigenvalue weighted by molar-refractivity contribution is 5.76. The van der Waals surface area contributed by atoms with E-state index in [2.05, 4.69) is 4.90 Å². The lowest BCUT2D eigenvalue weighted by Crippen LogP contribution is -2.43. The van der Waals surface area contributed by atoms with E-state index in [1.807, 2.05) is 29.1 Å². The SMILES string of the molecule is CN(CC1CCCN(CCc2ccc(F)cc2)C1)C(=O)CCN1CCCCO1. The third-order valence-corrected chi connectivity index (χ3v) is 5.84. The smallest absolute Gasteiger partial charge is 0.223 e. The largest absolute Gasteiger partial charge is 0.345 e. The molecule has 156 valence electrons. The molecule has 1 atom stereocenters. The summed E-state index contributed by atoms with van der Waals surface area (Å²) in [6.07, 6.45) is 6.09. The van der Waals surface area contributed by atoms with Crippen molar-refractivity contribution in [2.24, 2.45) is 5.92 Å². The second-order valence-electron chi connectivity index (χ2n) is 8.18. The highest BCUT2D eigenvalue weighted by Gasteiger charge is 2.23. The van der Waals surface area contributed by atoms with Gasteiger partial charge in [-0.05, 0) is 62.3 Å². The van der Waals surface area contributed by atoms with E-state index >= 15 is 0 Å². The van der Waals surface area contributed by atoms with Crippen LogP contribution in [-0.2, 0) is 16.1 Å². The predicted molar refractivity (Wildman–Crippen MR) is 108 cm³/mol. The summed E-state index contributed by atoms with van der Waals surface area (Å²) in [5.41, 5.74) is 1.18. The molecule has 2 aliphatic heterocycles. The van der Waals surface area contributed by atoms with Crippen molar-refractivity contribution in [1.82, 2.24) is 14.9 Å². The number of likely N-dealkylation sites (tertiary alicyclic amines) is 1. The van der Waals surface area contributed by atoms with Gasteiger partial charge in [-0.1, -0.05) is 12.1 Å². The molecule has 2 aliphatic rings. The number of rotatable bonds is 8. The number of piperidine rings is 1. The molecule has 0 N–H and O–H groups in total. The van der Waals surface area contributed by atoms with Gasteiger partial charge in [0, 0.05) is 46.2 Å². The Morgan fingerprint density at radius 1 is 1.18 bits per heavy atom. The van der Waals surface area contributed by atoms with Crippen LogP contribution in [-0.4, -0.2) is 73.7 Å². The maximum absolute atomic E-state index is 13.0. The van der Waals surface area contributed by atoms with Gasteiger partial charge in [0.2, 0.25) is 5.91 Å². The van der Waals surface area contributed by atoms with Crippen molar-refractivity contribution in [2.45, 2.75) is 38.5 Å². The molecule has 1 aromatic carbocycles. The summed E-state index contributed by atoms with van der Waals surface area (Å²) in [4.78, 5) is 22.4. The van der Waals surface area contributed by atoms with Crippen LogP contribution < -0.4 is 0 Å². The number of hydrogen-bond acceptors (Lipinski definition) is 4. The molecule has 1 unspecified atom stereocenters. The summed E-state index contributed by atoms with van der Waals surface area (Å²) < 4.78 is 13.0. The molecule has 2 heterocycles.